The summed E-state index contributed by atoms with van der Waals surface area (Å²) in [6.07, 6.45) is 2.33. The number of hydrogen-bond acceptors (Lipinski definition) is 2. The standard InChI is InChI=1S/C9H9NO/c11-8-10-7-6-9-4-2-1-3-5-9/h1-5H,6-7H2/i8-1. The SMILES string of the molecule is O=[11C]=NCCc1ccccc1. The van der Waals surface area contributed by atoms with Crippen molar-refractivity contribution in [2.75, 3.05) is 6.54 Å². The van der Waals surface area contributed by atoms with Crippen LogP contribution in [0.2, 0.25) is 0 Å². The number of aliphatic imine (C=N–C) groups is 1. The largest absolute Gasteiger partial charge is 0.234 e. The maximum atomic E-state index is 9.70. The van der Waals surface area contributed by atoms with E-state index in [-0.39, 0.29) is 0 Å². The molecule has 0 bridgehead atoms. The highest BCUT2D eigenvalue weighted by Gasteiger charge is 1.87. The van der Waals surface area contributed by atoms with Gasteiger partial charge >= 0.3 is 0 Å². The maximum Gasteiger partial charge on any atom is 0.234 e. The topological polar surface area (TPSA) is 29.4 Å². The first kappa shape index (κ1) is 7.70. The van der Waals surface area contributed by atoms with Crippen LogP contribution in [0.1, 0.15) is 5.56 Å². The molecule has 1 aromatic rings. The van der Waals surface area contributed by atoms with Gasteiger partial charge in [-0.1, -0.05) is 30.3 Å². The van der Waals surface area contributed by atoms with Crippen molar-refractivity contribution in [3.05, 3.63) is 35.9 Å². The summed E-state index contributed by atoms with van der Waals surface area (Å²) in [6, 6.07) is 9.94. The van der Waals surface area contributed by atoms with Crippen molar-refractivity contribution in [1.82, 2.24) is 0 Å². The third-order valence-electron chi connectivity index (χ3n) is 1.42. The summed E-state index contributed by atoms with van der Waals surface area (Å²) in [5.41, 5.74) is 1.20. The second-order valence-electron chi connectivity index (χ2n) is 2.21. The van der Waals surface area contributed by atoms with Gasteiger partial charge in [0.1, 0.15) is 0 Å². The molecule has 11 heavy (non-hydrogen) atoms. The Balaban J connectivity index is 2.45. The van der Waals surface area contributed by atoms with E-state index in [1.807, 2.05) is 30.3 Å². The number of rotatable bonds is 3. The van der Waals surface area contributed by atoms with Gasteiger partial charge in [0.05, 0.1) is 6.54 Å². The maximum absolute atomic E-state index is 9.70. The predicted molar refractivity (Wildman–Crippen MR) is 43.1 cm³/mol. The van der Waals surface area contributed by atoms with Crippen LogP contribution in [0.5, 0.6) is 0 Å². The van der Waals surface area contributed by atoms with E-state index in [1.54, 1.807) is 0 Å². The molecular weight excluding hydrogens is 137 g/mol. The van der Waals surface area contributed by atoms with Crippen LogP contribution < -0.4 is 0 Å². The Kier molecular flexibility index (Phi) is 3.10. The molecule has 0 N–H and O–H groups in total. The molecule has 0 saturated carbocycles. The molecule has 1 rings (SSSR count). The minimum absolute atomic E-state index is 0.535. The summed E-state index contributed by atoms with van der Waals surface area (Å²) < 4.78 is 0. The van der Waals surface area contributed by atoms with Gasteiger partial charge in [0.25, 0.3) is 0 Å². The predicted octanol–water partition coefficient (Wildman–Crippen LogP) is 1.56. The van der Waals surface area contributed by atoms with E-state index in [0.29, 0.717) is 6.54 Å². The van der Waals surface area contributed by atoms with Gasteiger partial charge in [0.2, 0.25) is 6.08 Å². The zero-order chi connectivity index (χ0) is 7.94. The van der Waals surface area contributed by atoms with Gasteiger partial charge in [-0.15, -0.1) is 0 Å². The van der Waals surface area contributed by atoms with Crippen molar-refractivity contribution in [3.8, 4) is 0 Å². The molecule has 0 atom stereocenters. The first-order chi connectivity index (χ1) is 5.43. The smallest absolute Gasteiger partial charge is 0.211 e. The normalized spacial score (nSPS) is 8.73. The van der Waals surface area contributed by atoms with Crippen molar-refractivity contribution in [3.63, 3.8) is 0 Å². The molecule has 0 spiro atoms. The molecule has 0 unspecified atom stereocenters. The lowest BCUT2D eigenvalue weighted by Gasteiger charge is -1.93. The zero-order valence-corrected chi connectivity index (χ0v) is 6.16. The van der Waals surface area contributed by atoms with Crippen molar-refractivity contribution in [2.24, 2.45) is 4.99 Å². The summed E-state index contributed by atoms with van der Waals surface area (Å²) in [4.78, 5) is 13.2. The highest BCUT2D eigenvalue weighted by molar-refractivity contribution is 5.33. The van der Waals surface area contributed by atoms with E-state index in [2.05, 4.69) is 4.99 Å². The van der Waals surface area contributed by atoms with Gasteiger partial charge in [-0.3, -0.25) is 0 Å². The number of nitrogens with zero attached hydrogens (tertiary/aromatic N) is 1. The van der Waals surface area contributed by atoms with E-state index in [0.717, 1.165) is 6.42 Å². The van der Waals surface area contributed by atoms with Crippen LogP contribution in [0.4, 0.5) is 0 Å². The fourth-order valence-electron chi connectivity index (χ4n) is 0.875. The lowest BCUT2D eigenvalue weighted by Crippen LogP contribution is -1.87. The monoisotopic (exact) mass is 146 g/mol. The first-order valence-corrected chi connectivity index (χ1v) is 3.51. The average molecular weight is 146 g/mol. The molecule has 56 valence electrons. The molecule has 0 heterocycles. The van der Waals surface area contributed by atoms with Crippen LogP contribution in [0, 0.1) is 0 Å². The van der Waals surface area contributed by atoms with Crippen molar-refractivity contribution in [1.29, 1.82) is 0 Å². The van der Waals surface area contributed by atoms with E-state index < -0.39 is 0 Å². The van der Waals surface area contributed by atoms with Gasteiger partial charge in [-0.25, -0.2) is 9.79 Å². The number of hydrogen-bond donors (Lipinski definition) is 0. The van der Waals surface area contributed by atoms with Gasteiger partial charge < -0.3 is 0 Å². The highest BCUT2D eigenvalue weighted by atomic mass is 16.1. The number of carbonyl (C=O) groups excluding carboxylic acids is 1. The first-order valence-electron chi connectivity index (χ1n) is 3.51. The summed E-state index contributed by atoms with van der Waals surface area (Å²) in [5, 5.41) is 0. The minimum Gasteiger partial charge on any atom is -0.211 e. The lowest BCUT2D eigenvalue weighted by molar-refractivity contribution is 0.563. The van der Waals surface area contributed by atoms with E-state index >= 15 is 0 Å². The second kappa shape index (κ2) is 4.42. The average Bonchev–Trinajstić information content (AvgIpc) is 2.07. The molecule has 2 nitrogen and oxygen atoms in total. The Morgan fingerprint density at radius 1 is 1.27 bits per heavy atom. The third kappa shape index (κ3) is 2.78. The van der Waals surface area contributed by atoms with Crippen LogP contribution in [0.15, 0.2) is 35.3 Å². The minimum atomic E-state index is 0.535. The molecular formula is C9H9NO. The van der Waals surface area contributed by atoms with Gasteiger partial charge in [-0.05, 0) is 12.0 Å². The van der Waals surface area contributed by atoms with Gasteiger partial charge in [0.15, 0.2) is 0 Å². The molecule has 0 saturated heterocycles. The van der Waals surface area contributed by atoms with Gasteiger partial charge in [0, 0.05) is 0 Å². The van der Waals surface area contributed by atoms with Crippen molar-refractivity contribution >= 4 is 6.08 Å². The Hall–Kier alpha value is -1.40. The Labute approximate surface area is 65.6 Å². The van der Waals surface area contributed by atoms with Crippen LogP contribution in [-0.4, -0.2) is 12.6 Å². The molecule has 2 heteroatoms. The van der Waals surface area contributed by atoms with Crippen LogP contribution in [0.3, 0.4) is 0 Å². The lowest BCUT2D eigenvalue weighted by atomic mass is 10.1. The number of isocyanates is 1. The summed E-state index contributed by atoms with van der Waals surface area (Å²) >= 11 is 0. The van der Waals surface area contributed by atoms with Crippen LogP contribution >= 0.6 is 0 Å². The van der Waals surface area contributed by atoms with Crippen molar-refractivity contribution < 1.29 is 4.79 Å². The van der Waals surface area contributed by atoms with Gasteiger partial charge in [-0.2, -0.15) is 0 Å². The van der Waals surface area contributed by atoms with Crippen LogP contribution in [-0.2, 0) is 11.2 Å². The quantitative estimate of drug-likeness (QED) is 0.470. The molecule has 0 fully saturated rings. The zero-order valence-electron chi connectivity index (χ0n) is 6.16. The third-order valence-corrected chi connectivity index (χ3v) is 1.42. The van der Waals surface area contributed by atoms with E-state index in [9.17, 15) is 4.79 Å². The van der Waals surface area contributed by atoms with Crippen LogP contribution in [0.25, 0.3) is 0 Å². The van der Waals surface area contributed by atoms with Crippen molar-refractivity contribution in [2.45, 2.75) is 6.42 Å². The second-order valence-corrected chi connectivity index (χ2v) is 2.21. The Morgan fingerprint density at radius 2 is 2.00 bits per heavy atom. The molecule has 0 aliphatic heterocycles. The van der Waals surface area contributed by atoms with E-state index in [4.69, 9.17) is 0 Å². The molecule has 0 aromatic heterocycles. The molecule has 0 aliphatic carbocycles. The molecule has 0 amide bonds. The highest BCUT2D eigenvalue weighted by Crippen LogP contribution is 1.98. The van der Waals surface area contributed by atoms with E-state index in [1.165, 1.54) is 11.6 Å². The number of benzene rings is 1. The molecule has 0 aliphatic rings. The fourth-order valence-corrected chi connectivity index (χ4v) is 0.875. The Bertz CT molecular complexity index is 250. The summed E-state index contributed by atoms with van der Waals surface area (Å²) in [6.45, 7) is 0.535. The summed E-state index contributed by atoms with van der Waals surface area (Å²) in [7, 11) is 0. The fraction of sp³-hybridized carbons (Fsp3) is 0.222. The molecule has 1 aromatic carbocycles. The molecule has 0 radical (unpaired) electrons. The Morgan fingerprint density at radius 3 is 2.64 bits per heavy atom. The summed E-state index contributed by atoms with van der Waals surface area (Å²) in [5.74, 6) is 0.